The quantitative estimate of drug-likeness (QED) is 0.791. The molecule has 0 spiro atoms. The maximum atomic E-state index is 11.8. The highest BCUT2D eigenvalue weighted by molar-refractivity contribution is 7.98. The molecule has 0 unspecified atom stereocenters. The van der Waals surface area contributed by atoms with E-state index in [1.54, 1.807) is 30.1 Å². The average molecular weight is 319 g/mol. The van der Waals surface area contributed by atoms with Gasteiger partial charge in [-0.2, -0.15) is 0 Å². The molecule has 108 valence electrons. The lowest BCUT2D eigenvalue weighted by Gasteiger charge is -2.05. The number of thioether (sulfide) groups is 1. The van der Waals surface area contributed by atoms with E-state index in [-0.39, 0.29) is 6.03 Å². The third-order valence-corrected chi connectivity index (χ3v) is 3.63. The van der Waals surface area contributed by atoms with E-state index in [9.17, 15) is 4.79 Å². The summed E-state index contributed by atoms with van der Waals surface area (Å²) < 4.78 is 0. The van der Waals surface area contributed by atoms with Crippen molar-refractivity contribution >= 4 is 41.2 Å². The van der Waals surface area contributed by atoms with Crippen LogP contribution in [0.5, 0.6) is 0 Å². The van der Waals surface area contributed by atoms with Crippen LogP contribution in [0.15, 0.2) is 59.6 Å². The highest BCUT2D eigenvalue weighted by Gasteiger charge is 2.00. The third-order valence-electron chi connectivity index (χ3n) is 2.67. The maximum Gasteiger partial charge on any atom is 0.323 e. The molecule has 2 aromatic carbocycles. The van der Waals surface area contributed by atoms with Crippen LogP contribution < -0.4 is 10.6 Å². The van der Waals surface area contributed by atoms with Gasteiger partial charge in [0.1, 0.15) is 0 Å². The van der Waals surface area contributed by atoms with Crippen molar-refractivity contribution in [3.05, 3.63) is 65.3 Å². The van der Waals surface area contributed by atoms with Crippen molar-refractivity contribution in [2.24, 2.45) is 0 Å². The predicted octanol–water partition coefficient (Wildman–Crippen LogP) is 4.85. The van der Waals surface area contributed by atoms with Crippen LogP contribution in [-0.2, 0) is 0 Å². The number of hydrogen-bond acceptors (Lipinski definition) is 2. The van der Waals surface area contributed by atoms with Gasteiger partial charge in [0.15, 0.2) is 0 Å². The van der Waals surface area contributed by atoms with Crippen LogP contribution in [0.4, 0.5) is 10.5 Å². The smallest absolute Gasteiger partial charge is 0.314 e. The van der Waals surface area contributed by atoms with Gasteiger partial charge in [-0.3, -0.25) is 0 Å². The molecule has 0 bridgehead atoms. The lowest BCUT2D eigenvalue weighted by Crippen LogP contribution is -2.23. The Hall–Kier alpha value is -1.91. The molecular formula is C16H15ClN2OS. The highest BCUT2D eigenvalue weighted by atomic mass is 35.5. The molecule has 0 fully saturated rings. The maximum absolute atomic E-state index is 11.8. The summed E-state index contributed by atoms with van der Waals surface area (Å²) in [5, 5.41) is 6.09. The van der Waals surface area contributed by atoms with E-state index in [1.165, 1.54) is 0 Å². The van der Waals surface area contributed by atoms with Gasteiger partial charge < -0.3 is 10.6 Å². The van der Waals surface area contributed by atoms with Gasteiger partial charge >= 0.3 is 6.03 Å². The van der Waals surface area contributed by atoms with Gasteiger partial charge in [-0.05, 0) is 48.2 Å². The lowest BCUT2D eigenvalue weighted by atomic mass is 10.2. The Bertz CT molecular complexity index is 658. The fourth-order valence-electron chi connectivity index (χ4n) is 1.69. The first-order chi connectivity index (χ1) is 10.2. The van der Waals surface area contributed by atoms with Crippen molar-refractivity contribution < 1.29 is 4.79 Å². The molecule has 0 atom stereocenters. The number of halogens is 1. The number of carbonyl (C=O) groups excluding carboxylic acids is 1. The van der Waals surface area contributed by atoms with Crippen molar-refractivity contribution in [1.29, 1.82) is 0 Å². The molecule has 0 aliphatic heterocycles. The van der Waals surface area contributed by atoms with Crippen molar-refractivity contribution in [3.63, 3.8) is 0 Å². The summed E-state index contributed by atoms with van der Waals surface area (Å²) in [6.07, 6.45) is 5.36. The molecule has 21 heavy (non-hydrogen) atoms. The molecule has 0 heterocycles. The summed E-state index contributed by atoms with van der Waals surface area (Å²) in [7, 11) is 0. The summed E-state index contributed by atoms with van der Waals surface area (Å²) in [4.78, 5) is 12.9. The van der Waals surface area contributed by atoms with Gasteiger partial charge in [0.05, 0.1) is 0 Å². The minimum absolute atomic E-state index is 0.286. The summed E-state index contributed by atoms with van der Waals surface area (Å²) in [6.45, 7) is 0. The Balaban J connectivity index is 1.90. The first-order valence-electron chi connectivity index (χ1n) is 6.31. The number of urea groups is 1. The number of benzene rings is 2. The van der Waals surface area contributed by atoms with E-state index in [4.69, 9.17) is 11.6 Å². The van der Waals surface area contributed by atoms with Crippen molar-refractivity contribution in [2.45, 2.75) is 4.90 Å². The molecule has 3 nitrogen and oxygen atoms in total. The number of hydrogen-bond donors (Lipinski definition) is 2. The summed E-state index contributed by atoms with van der Waals surface area (Å²) in [6, 6.07) is 14.8. The lowest BCUT2D eigenvalue weighted by molar-refractivity contribution is 0.255. The normalized spacial score (nSPS) is 10.6. The van der Waals surface area contributed by atoms with Crippen LogP contribution in [0.25, 0.3) is 6.08 Å². The Kier molecular flexibility index (Phi) is 5.72. The first kappa shape index (κ1) is 15.5. The summed E-state index contributed by atoms with van der Waals surface area (Å²) in [5.41, 5.74) is 1.68. The Labute approximate surface area is 133 Å². The van der Waals surface area contributed by atoms with E-state index in [2.05, 4.69) is 10.6 Å². The predicted molar refractivity (Wildman–Crippen MR) is 90.9 cm³/mol. The molecular weight excluding hydrogens is 304 g/mol. The Morgan fingerprint density at radius 1 is 1.19 bits per heavy atom. The number of amides is 2. The second kappa shape index (κ2) is 7.76. The highest BCUT2D eigenvalue weighted by Crippen LogP contribution is 2.18. The Morgan fingerprint density at radius 2 is 2.00 bits per heavy atom. The van der Waals surface area contributed by atoms with Crippen LogP contribution in [-0.4, -0.2) is 12.3 Å². The topological polar surface area (TPSA) is 41.1 Å². The zero-order valence-electron chi connectivity index (χ0n) is 11.5. The van der Waals surface area contributed by atoms with Gasteiger partial charge in [-0.25, -0.2) is 4.79 Å². The molecule has 0 radical (unpaired) electrons. The van der Waals surface area contributed by atoms with Crippen molar-refractivity contribution in [1.82, 2.24) is 5.32 Å². The standard InChI is InChI=1S/C16H15ClN2OS/c1-21-15-7-3-6-14(11-15)19-16(20)18-9-8-12-4-2-5-13(17)10-12/h2-11H,1H3,(H2,18,19,20)/b9-8+. The number of anilines is 1. The van der Waals surface area contributed by atoms with E-state index in [0.717, 1.165) is 16.1 Å². The summed E-state index contributed by atoms with van der Waals surface area (Å²) >= 11 is 7.51. The largest absolute Gasteiger partial charge is 0.323 e. The first-order valence-corrected chi connectivity index (χ1v) is 7.91. The second-order valence-corrected chi connectivity index (χ2v) is 5.53. The van der Waals surface area contributed by atoms with Crippen LogP contribution in [0.2, 0.25) is 5.02 Å². The SMILES string of the molecule is CSc1cccc(NC(=O)N/C=C/c2cccc(Cl)c2)c1. The zero-order chi connectivity index (χ0) is 15.1. The minimum Gasteiger partial charge on any atom is -0.314 e. The third kappa shape index (κ3) is 5.17. The number of carbonyl (C=O) groups is 1. The Morgan fingerprint density at radius 3 is 2.76 bits per heavy atom. The zero-order valence-corrected chi connectivity index (χ0v) is 13.0. The van der Waals surface area contributed by atoms with E-state index >= 15 is 0 Å². The van der Waals surface area contributed by atoms with E-state index < -0.39 is 0 Å². The molecule has 0 aliphatic rings. The second-order valence-electron chi connectivity index (χ2n) is 4.22. The number of nitrogens with one attached hydrogen (secondary N) is 2. The van der Waals surface area contributed by atoms with Crippen LogP contribution in [0.3, 0.4) is 0 Å². The van der Waals surface area contributed by atoms with Gasteiger partial charge in [0, 0.05) is 21.8 Å². The van der Waals surface area contributed by atoms with E-state index in [0.29, 0.717) is 5.02 Å². The van der Waals surface area contributed by atoms with Crippen molar-refractivity contribution in [2.75, 3.05) is 11.6 Å². The van der Waals surface area contributed by atoms with Crippen molar-refractivity contribution in [3.8, 4) is 0 Å². The van der Waals surface area contributed by atoms with Gasteiger partial charge in [-0.1, -0.05) is 29.8 Å². The fourth-order valence-corrected chi connectivity index (χ4v) is 2.35. The average Bonchev–Trinajstić information content (AvgIpc) is 2.47. The summed E-state index contributed by atoms with van der Waals surface area (Å²) in [5.74, 6) is 0. The molecule has 0 saturated carbocycles. The molecule has 2 amide bonds. The molecule has 2 N–H and O–H groups in total. The van der Waals surface area contributed by atoms with Gasteiger partial charge in [0.2, 0.25) is 0 Å². The van der Waals surface area contributed by atoms with Crippen LogP contribution in [0, 0.1) is 0 Å². The molecule has 0 saturated heterocycles. The monoisotopic (exact) mass is 318 g/mol. The van der Waals surface area contributed by atoms with Gasteiger partial charge in [0.25, 0.3) is 0 Å². The molecule has 0 aliphatic carbocycles. The van der Waals surface area contributed by atoms with Crippen LogP contribution >= 0.6 is 23.4 Å². The van der Waals surface area contributed by atoms with Gasteiger partial charge in [-0.15, -0.1) is 11.8 Å². The fraction of sp³-hybridized carbons (Fsp3) is 0.0625. The number of rotatable bonds is 4. The molecule has 5 heteroatoms. The van der Waals surface area contributed by atoms with Crippen LogP contribution in [0.1, 0.15) is 5.56 Å². The molecule has 0 aromatic heterocycles. The molecule has 2 rings (SSSR count). The van der Waals surface area contributed by atoms with E-state index in [1.807, 2.05) is 48.7 Å². The molecule has 2 aromatic rings. The minimum atomic E-state index is -0.286.